The van der Waals surface area contributed by atoms with E-state index in [1.54, 1.807) is 11.0 Å². The van der Waals surface area contributed by atoms with Crippen LogP contribution >= 0.6 is 11.6 Å². The number of ether oxygens (including phenoxy) is 1. The molecule has 1 heterocycles. The average molecular weight is 552 g/mol. The van der Waals surface area contributed by atoms with Crippen molar-refractivity contribution in [3.8, 4) is 0 Å². The molecule has 2 rings (SSSR count). The molecular weight excluding hydrogens is 502 g/mol. The molecule has 2 amide bonds. The monoisotopic (exact) mass is 551 g/mol. The van der Waals surface area contributed by atoms with Crippen molar-refractivity contribution in [2.45, 2.75) is 105 Å². The van der Waals surface area contributed by atoms with Crippen molar-refractivity contribution >= 4 is 29.3 Å². The second kappa shape index (κ2) is 13.5. The minimum atomic E-state index is -0.802. The van der Waals surface area contributed by atoms with Crippen LogP contribution in [0.5, 0.6) is 0 Å². The number of nitrogens with zero attached hydrogens (tertiary/aromatic N) is 2. The number of anilines is 1. The number of carbonyl (C=O) groups is 2. The average Bonchev–Trinajstić information content (AvgIpc) is 2.82. The number of hydrogen-bond acceptors (Lipinski definition) is 5. The van der Waals surface area contributed by atoms with E-state index in [0.717, 1.165) is 19.3 Å². The van der Waals surface area contributed by atoms with Crippen molar-refractivity contribution in [3.63, 3.8) is 0 Å². The van der Waals surface area contributed by atoms with Crippen molar-refractivity contribution in [1.29, 1.82) is 0 Å². The lowest BCUT2D eigenvalue weighted by molar-refractivity contribution is -0.124. The van der Waals surface area contributed by atoms with Gasteiger partial charge in [0.15, 0.2) is 0 Å². The van der Waals surface area contributed by atoms with Gasteiger partial charge in [0.25, 0.3) is 0 Å². The summed E-state index contributed by atoms with van der Waals surface area (Å²) in [5.74, 6) is 0.757. The van der Waals surface area contributed by atoms with Crippen LogP contribution < -0.4 is 10.2 Å². The van der Waals surface area contributed by atoms with E-state index in [2.05, 4.69) is 51.8 Å². The summed E-state index contributed by atoms with van der Waals surface area (Å²) >= 11 is 6.41. The number of para-hydroxylation sites is 1. The molecule has 0 spiro atoms. The van der Waals surface area contributed by atoms with Crippen LogP contribution in [0.25, 0.3) is 0 Å². The Kier molecular flexibility index (Phi) is 11.5. The molecule has 1 aliphatic heterocycles. The first-order valence-corrected chi connectivity index (χ1v) is 14.4. The number of piperazine rings is 1. The summed E-state index contributed by atoms with van der Waals surface area (Å²) in [4.78, 5) is 29.9. The lowest BCUT2D eigenvalue weighted by atomic mass is 9.78. The molecule has 38 heavy (non-hydrogen) atoms. The molecule has 0 saturated carbocycles. The molecule has 0 aliphatic carbocycles. The number of halogens is 1. The maximum absolute atomic E-state index is 13.3. The third-order valence-electron chi connectivity index (χ3n) is 7.91. The first-order valence-electron chi connectivity index (χ1n) is 14.1. The minimum absolute atomic E-state index is 0.0443. The number of amides is 2. The van der Waals surface area contributed by atoms with E-state index in [1.807, 2.05) is 39.0 Å². The molecule has 1 aromatic carbocycles. The number of benzene rings is 1. The molecule has 7 nitrogen and oxygen atoms in total. The van der Waals surface area contributed by atoms with Gasteiger partial charge in [-0.15, -0.1) is 0 Å². The first-order chi connectivity index (χ1) is 17.6. The van der Waals surface area contributed by atoms with Crippen LogP contribution in [-0.2, 0) is 9.53 Å². The molecule has 0 radical (unpaired) electrons. The standard InChI is InChI=1S/C30H50ClN3O4/c1-10-20(3)16-22(11-2)21(4)27(36)24(32-28(37)38-29(5,6)7)17-33-18-26(35)34(19-30(33,8)9)25-15-13-12-14-23(25)31/h12-15,20-22,24,27,36H,10-11,16-19H2,1-9H3,(H,32,37)/t20?,21?,22-,24-,27-/m0/s1. The summed E-state index contributed by atoms with van der Waals surface area (Å²) in [5, 5.41) is 15.1. The van der Waals surface area contributed by atoms with Gasteiger partial charge >= 0.3 is 6.09 Å². The maximum Gasteiger partial charge on any atom is 0.408 e. The molecule has 1 aliphatic rings. The number of nitrogens with one attached hydrogen (secondary N) is 1. The highest BCUT2D eigenvalue weighted by Gasteiger charge is 2.42. The molecule has 5 atom stereocenters. The largest absolute Gasteiger partial charge is 0.444 e. The summed E-state index contributed by atoms with van der Waals surface area (Å²) in [6.07, 6.45) is 1.68. The summed E-state index contributed by atoms with van der Waals surface area (Å²) in [5.41, 5.74) is -0.395. The van der Waals surface area contributed by atoms with Crippen LogP contribution in [0.15, 0.2) is 24.3 Å². The van der Waals surface area contributed by atoms with E-state index < -0.39 is 29.4 Å². The molecule has 1 aromatic rings. The van der Waals surface area contributed by atoms with Crippen molar-refractivity contribution in [3.05, 3.63) is 29.3 Å². The van der Waals surface area contributed by atoms with Gasteiger partial charge in [0.1, 0.15) is 5.60 Å². The Morgan fingerprint density at radius 1 is 1.18 bits per heavy atom. The third kappa shape index (κ3) is 8.85. The smallest absolute Gasteiger partial charge is 0.408 e. The molecule has 0 bridgehead atoms. The highest BCUT2D eigenvalue weighted by atomic mass is 35.5. The number of hydrogen-bond donors (Lipinski definition) is 2. The Labute approximate surface area is 235 Å². The van der Waals surface area contributed by atoms with E-state index >= 15 is 0 Å². The molecule has 2 N–H and O–H groups in total. The SMILES string of the molecule is CCC(C)C[C@H](CC)C(C)[C@H](O)[C@H](CN1CC(=O)N(c2ccccc2Cl)CC1(C)C)NC(=O)OC(C)(C)C. The second-order valence-electron chi connectivity index (χ2n) is 12.6. The van der Waals surface area contributed by atoms with Gasteiger partial charge in [-0.25, -0.2) is 4.79 Å². The molecule has 0 aromatic heterocycles. The van der Waals surface area contributed by atoms with Gasteiger partial charge in [0, 0.05) is 18.6 Å². The number of aliphatic hydroxyl groups is 1. The number of alkyl carbamates (subject to hydrolysis) is 1. The number of carbonyl (C=O) groups excluding carboxylic acids is 2. The number of rotatable bonds is 11. The molecular formula is C30H50ClN3O4. The summed E-state index contributed by atoms with van der Waals surface area (Å²) < 4.78 is 5.55. The second-order valence-corrected chi connectivity index (χ2v) is 13.1. The topological polar surface area (TPSA) is 82.1 Å². The van der Waals surface area contributed by atoms with Crippen LogP contribution in [0.2, 0.25) is 5.02 Å². The summed E-state index contributed by atoms with van der Waals surface area (Å²) in [6.45, 7) is 19.1. The van der Waals surface area contributed by atoms with Crippen molar-refractivity contribution in [2.75, 3.05) is 24.5 Å². The molecule has 1 saturated heterocycles. The zero-order valence-electron chi connectivity index (χ0n) is 24.9. The summed E-state index contributed by atoms with van der Waals surface area (Å²) in [6, 6.07) is 6.75. The molecule has 1 fully saturated rings. The molecule has 2 unspecified atom stereocenters. The number of aliphatic hydroxyl groups excluding tert-OH is 1. The fourth-order valence-corrected chi connectivity index (χ4v) is 5.49. The molecule has 216 valence electrons. The summed E-state index contributed by atoms with van der Waals surface area (Å²) in [7, 11) is 0. The normalized spacial score (nSPS) is 20.4. The van der Waals surface area contributed by atoms with E-state index in [4.69, 9.17) is 16.3 Å². The zero-order chi connectivity index (χ0) is 28.8. The van der Waals surface area contributed by atoms with Gasteiger partial charge in [-0.1, -0.05) is 64.3 Å². The predicted octanol–water partition coefficient (Wildman–Crippen LogP) is 6.12. The van der Waals surface area contributed by atoms with Crippen LogP contribution in [0, 0.1) is 17.8 Å². The lowest BCUT2D eigenvalue weighted by Crippen LogP contribution is -2.65. The van der Waals surface area contributed by atoms with E-state index in [-0.39, 0.29) is 18.4 Å². The zero-order valence-corrected chi connectivity index (χ0v) is 25.6. The Bertz CT molecular complexity index is 932. The van der Waals surface area contributed by atoms with Crippen LogP contribution in [0.3, 0.4) is 0 Å². The maximum atomic E-state index is 13.3. The van der Waals surface area contributed by atoms with Crippen LogP contribution in [0.4, 0.5) is 10.5 Å². The van der Waals surface area contributed by atoms with Gasteiger partial charge < -0.3 is 20.1 Å². The highest BCUT2D eigenvalue weighted by Crippen LogP contribution is 2.33. The van der Waals surface area contributed by atoms with Gasteiger partial charge in [-0.05, 0) is 70.9 Å². The van der Waals surface area contributed by atoms with Crippen molar-refractivity contribution in [2.24, 2.45) is 17.8 Å². The van der Waals surface area contributed by atoms with E-state index in [1.165, 1.54) is 0 Å². The van der Waals surface area contributed by atoms with Crippen molar-refractivity contribution < 1.29 is 19.4 Å². The van der Waals surface area contributed by atoms with Crippen LogP contribution in [0.1, 0.15) is 81.6 Å². The third-order valence-corrected chi connectivity index (χ3v) is 8.23. The minimum Gasteiger partial charge on any atom is -0.444 e. The van der Waals surface area contributed by atoms with Gasteiger partial charge in [-0.2, -0.15) is 0 Å². The van der Waals surface area contributed by atoms with Crippen LogP contribution in [-0.4, -0.2) is 64.9 Å². The first kappa shape index (κ1) is 32.4. The Hall–Kier alpha value is -1.83. The van der Waals surface area contributed by atoms with Gasteiger partial charge in [-0.3, -0.25) is 9.69 Å². The molecule has 8 heteroatoms. The Balaban J connectivity index is 2.29. The van der Waals surface area contributed by atoms with E-state index in [0.29, 0.717) is 35.6 Å². The van der Waals surface area contributed by atoms with Gasteiger partial charge in [0.05, 0.1) is 29.4 Å². The highest BCUT2D eigenvalue weighted by molar-refractivity contribution is 6.33. The van der Waals surface area contributed by atoms with Crippen molar-refractivity contribution in [1.82, 2.24) is 10.2 Å². The quantitative estimate of drug-likeness (QED) is 0.346. The van der Waals surface area contributed by atoms with Gasteiger partial charge in [0.2, 0.25) is 5.91 Å². The Morgan fingerprint density at radius 2 is 1.82 bits per heavy atom. The Morgan fingerprint density at radius 3 is 2.37 bits per heavy atom. The van der Waals surface area contributed by atoms with E-state index in [9.17, 15) is 14.7 Å². The fraction of sp³-hybridized carbons (Fsp3) is 0.733. The lowest BCUT2D eigenvalue weighted by Gasteiger charge is -2.48. The fourth-order valence-electron chi connectivity index (χ4n) is 5.26. The predicted molar refractivity (Wildman–Crippen MR) is 156 cm³/mol.